The molecule has 6 heteroatoms. The smallest absolute Gasteiger partial charge is 0.261 e. The van der Waals surface area contributed by atoms with Crippen LogP contribution in [0.3, 0.4) is 0 Å². The monoisotopic (exact) mass is 354 g/mol. The van der Waals surface area contributed by atoms with Gasteiger partial charge in [0.1, 0.15) is 5.75 Å². The molecular weight excluding hydrogens is 336 g/mol. The van der Waals surface area contributed by atoms with E-state index in [2.05, 4.69) is 9.71 Å². The first kappa shape index (κ1) is 17.0. The number of ether oxygens (including phenoxy) is 1. The number of hydrogen-bond donors (Lipinski definition) is 1. The fourth-order valence-corrected chi connectivity index (χ4v) is 3.59. The van der Waals surface area contributed by atoms with E-state index < -0.39 is 10.0 Å². The highest BCUT2D eigenvalue weighted by atomic mass is 32.2. The van der Waals surface area contributed by atoms with E-state index >= 15 is 0 Å². The van der Waals surface area contributed by atoms with Gasteiger partial charge in [-0.1, -0.05) is 30.3 Å². The molecule has 3 rings (SSSR count). The van der Waals surface area contributed by atoms with Gasteiger partial charge in [0.25, 0.3) is 10.0 Å². The number of rotatable bonds is 5. The van der Waals surface area contributed by atoms with Crippen LogP contribution in [0, 0.1) is 6.92 Å². The van der Waals surface area contributed by atoms with E-state index in [0.717, 1.165) is 16.8 Å². The second-order valence-electron chi connectivity index (χ2n) is 5.54. The van der Waals surface area contributed by atoms with E-state index in [1.165, 1.54) is 12.3 Å². The van der Waals surface area contributed by atoms with Gasteiger partial charge in [-0.15, -0.1) is 0 Å². The Morgan fingerprint density at radius 1 is 1.00 bits per heavy atom. The molecule has 0 amide bonds. The third kappa shape index (κ3) is 3.80. The molecule has 1 heterocycles. The number of pyridine rings is 1. The van der Waals surface area contributed by atoms with E-state index in [9.17, 15) is 8.42 Å². The van der Waals surface area contributed by atoms with Gasteiger partial charge < -0.3 is 4.74 Å². The molecule has 0 fully saturated rings. The van der Waals surface area contributed by atoms with Gasteiger partial charge in [0.2, 0.25) is 0 Å². The van der Waals surface area contributed by atoms with Crippen molar-refractivity contribution in [3.63, 3.8) is 0 Å². The number of anilines is 1. The summed E-state index contributed by atoms with van der Waals surface area (Å²) < 4.78 is 32.8. The fourth-order valence-electron chi connectivity index (χ4n) is 2.47. The Bertz CT molecular complexity index is 969. The van der Waals surface area contributed by atoms with Crippen molar-refractivity contribution in [2.75, 3.05) is 11.8 Å². The second-order valence-corrected chi connectivity index (χ2v) is 7.22. The number of methoxy groups -OCH3 is 1. The van der Waals surface area contributed by atoms with Crippen molar-refractivity contribution >= 4 is 15.7 Å². The Balaban J connectivity index is 1.82. The van der Waals surface area contributed by atoms with Gasteiger partial charge in [-0.3, -0.25) is 9.71 Å². The van der Waals surface area contributed by atoms with E-state index in [-0.39, 0.29) is 4.90 Å². The molecule has 1 aromatic heterocycles. The quantitative estimate of drug-likeness (QED) is 0.755. The maximum absolute atomic E-state index is 12.5. The molecule has 0 aliphatic heterocycles. The van der Waals surface area contributed by atoms with E-state index in [1.807, 2.05) is 30.3 Å². The number of aromatic nitrogens is 1. The third-order valence-electron chi connectivity index (χ3n) is 3.76. The molecule has 1 N–H and O–H groups in total. The van der Waals surface area contributed by atoms with Crippen LogP contribution in [0.2, 0.25) is 0 Å². The lowest BCUT2D eigenvalue weighted by molar-refractivity contribution is 0.411. The molecule has 25 heavy (non-hydrogen) atoms. The molecule has 0 radical (unpaired) electrons. The summed E-state index contributed by atoms with van der Waals surface area (Å²) in [5.74, 6) is 0.646. The SMILES string of the molecule is COc1ccc(S(=O)(=O)Nc2ccc(-c3ccccc3)nc2)cc1C. The molecular formula is C19H18N2O3S. The zero-order chi connectivity index (χ0) is 17.9. The van der Waals surface area contributed by atoms with Crippen molar-refractivity contribution in [1.29, 1.82) is 0 Å². The molecule has 2 aromatic carbocycles. The van der Waals surface area contributed by atoms with Crippen LogP contribution in [0.25, 0.3) is 11.3 Å². The van der Waals surface area contributed by atoms with Crippen molar-refractivity contribution < 1.29 is 13.2 Å². The van der Waals surface area contributed by atoms with Crippen LogP contribution in [0.4, 0.5) is 5.69 Å². The molecule has 0 aliphatic carbocycles. The zero-order valence-electron chi connectivity index (χ0n) is 13.9. The predicted octanol–water partition coefficient (Wildman–Crippen LogP) is 3.87. The van der Waals surface area contributed by atoms with Crippen LogP contribution in [-0.4, -0.2) is 20.5 Å². The Kier molecular flexibility index (Phi) is 4.72. The lowest BCUT2D eigenvalue weighted by Gasteiger charge is -2.11. The van der Waals surface area contributed by atoms with E-state index in [1.54, 1.807) is 38.3 Å². The van der Waals surface area contributed by atoms with Gasteiger partial charge in [0.15, 0.2) is 0 Å². The van der Waals surface area contributed by atoms with E-state index in [4.69, 9.17) is 4.74 Å². The first-order valence-electron chi connectivity index (χ1n) is 7.68. The normalized spacial score (nSPS) is 11.1. The first-order valence-corrected chi connectivity index (χ1v) is 9.17. The first-order chi connectivity index (χ1) is 12.0. The number of hydrogen-bond acceptors (Lipinski definition) is 4. The number of benzene rings is 2. The Morgan fingerprint density at radius 2 is 1.76 bits per heavy atom. The van der Waals surface area contributed by atoms with Gasteiger partial charge in [-0.2, -0.15) is 0 Å². The molecule has 0 unspecified atom stereocenters. The fraction of sp³-hybridized carbons (Fsp3) is 0.105. The molecule has 128 valence electrons. The summed E-state index contributed by atoms with van der Waals surface area (Å²) in [5.41, 5.74) is 2.92. The van der Waals surface area contributed by atoms with Gasteiger partial charge in [-0.25, -0.2) is 8.42 Å². The van der Waals surface area contributed by atoms with Crippen LogP contribution in [-0.2, 0) is 10.0 Å². The number of aryl methyl sites for hydroxylation is 1. The summed E-state index contributed by atoms with van der Waals surface area (Å²) in [6.45, 7) is 1.80. The molecule has 0 aliphatic rings. The predicted molar refractivity (Wildman–Crippen MR) is 98.2 cm³/mol. The van der Waals surface area contributed by atoms with Crippen LogP contribution in [0.5, 0.6) is 5.75 Å². The molecule has 3 aromatic rings. The maximum atomic E-state index is 12.5. The highest BCUT2D eigenvalue weighted by Crippen LogP contribution is 2.24. The summed E-state index contributed by atoms with van der Waals surface area (Å²) in [5, 5.41) is 0. The van der Waals surface area contributed by atoms with Gasteiger partial charge in [-0.05, 0) is 42.8 Å². The minimum atomic E-state index is -3.68. The Labute approximate surface area is 147 Å². The summed E-state index contributed by atoms with van der Waals surface area (Å²) in [4.78, 5) is 4.50. The van der Waals surface area contributed by atoms with Crippen LogP contribution < -0.4 is 9.46 Å². The van der Waals surface area contributed by atoms with Crippen LogP contribution in [0.15, 0.2) is 71.8 Å². The molecule has 0 spiro atoms. The minimum Gasteiger partial charge on any atom is -0.496 e. The van der Waals surface area contributed by atoms with Crippen molar-refractivity contribution in [3.8, 4) is 17.0 Å². The molecule has 0 bridgehead atoms. The van der Waals surface area contributed by atoms with E-state index in [0.29, 0.717) is 11.4 Å². The Morgan fingerprint density at radius 3 is 2.36 bits per heavy atom. The topological polar surface area (TPSA) is 68.3 Å². The van der Waals surface area contributed by atoms with Crippen LogP contribution >= 0.6 is 0 Å². The highest BCUT2D eigenvalue weighted by Gasteiger charge is 2.16. The van der Waals surface area contributed by atoms with Gasteiger partial charge in [0.05, 0.1) is 29.6 Å². The molecule has 5 nitrogen and oxygen atoms in total. The number of sulfonamides is 1. The zero-order valence-corrected chi connectivity index (χ0v) is 14.7. The van der Waals surface area contributed by atoms with Crippen LogP contribution in [0.1, 0.15) is 5.56 Å². The average Bonchev–Trinajstić information content (AvgIpc) is 2.62. The number of nitrogens with zero attached hydrogens (tertiary/aromatic N) is 1. The van der Waals surface area contributed by atoms with Crippen molar-refractivity contribution in [2.45, 2.75) is 11.8 Å². The third-order valence-corrected chi connectivity index (χ3v) is 5.14. The largest absolute Gasteiger partial charge is 0.496 e. The maximum Gasteiger partial charge on any atom is 0.261 e. The summed E-state index contributed by atoms with van der Waals surface area (Å²) in [6, 6.07) is 17.9. The summed E-state index contributed by atoms with van der Waals surface area (Å²) in [7, 11) is -2.13. The summed E-state index contributed by atoms with van der Waals surface area (Å²) in [6.07, 6.45) is 1.51. The lowest BCUT2D eigenvalue weighted by atomic mass is 10.1. The highest BCUT2D eigenvalue weighted by molar-refractivity contribution is 7.92. The van der Waals surface area contributed by atoms with Crippen molar-refractivity contribution in [3.05, 3.63) is 72.4 Å². The standard InChI is InChI=1S/C19H18N2O3S/c1-14-12-17(9-11-19(14)24-2)25(22,23)21-16-8-10-18(20-13-16)15-6-4-3-5-7-15/h3-13,21H,1-2H3. The Hall–Kier alpha value is -2.86. The average molecular weight is 354 g/mol. The molecule has 0 saturated carbocycles. The lowest BCUT2D eigenvalue weighted by Crippen LogP contribution is -2.13. The van der Waals surface area contributed by atoms with Gasteiger partial charge >= 0.3 is 0 Å². The van der Waals surface area contributed by atoms with Crippen molar-refractivity contribution in [1.82, 2.24) is 4.98 Å². The molecule has 0 saturated heterocycles. The van der Waals surface area contributed by atoms with Crippen molar-refractivity contribution in [2.24, 2.45) is 0 Å². The molecule has 0 atom stereocenters. The van der Waals surface area contributed by atoms with Gasteiger partial charge in [0, 0.05) is 5.56 Å². The second kappa shape index (κ2) is 6.94. The number of nitrogens with one attached hydrogen (secondary N) is 1. The minimum absolute atomic E-state index is 0.179. The summed E-state index contributed by atoms with van der Waals surface area (Å²) >= 11 is 0.